The Morgan fingerprint density at radius 2 is 2.12 bits per heavy atom. The number of hydrogen-bond acceptors (Lipinski definition) is 5. The number of hydrogen-bond donors (Lipinski definition) is 1. The van der Waals surface area contributed by atoms with E-state index in [1.807, 2.05) is 19.9 Å². The van der Waals surface area contributed by atoms with E-state index in [-0.39, 0.29) is 30.0 Å². The summed E-state index contributed by atoms with van der Waals surface area (Å²) in [6.07, 6.45) is 5.85. The van der Waals surface area contributed by atoms with Crippen molar-refractivity contribution < 1.29 is 27.5 Å². The second kappa shape index (κ2) is 13.2. The maximum absolute atomic E-state index is 13.0. The molecule has 0 saturated heterocycles. The number of amides is 2. The van der Waals surface area contributed by atoms with Gasteiger partial charge in [-0.05, 0) is 51.0 Å². The molecule has 2 unspecified atom stereocenters. The van der Waals surface area contributed by atoms with Crippen molar-refractivity contribution in [2.24, 2.45) is 16.3 Å². The number of allylic oxidation sites excluding steroid dienone is 5. The summed E-state index contributed by atoms with van der Waals surface area (Å²) >= 11 is 0. The Balaban J connectivity index is 2.63. The van der Waals surface area contributed by atoms with Crippen LogP contribution in [0, 0.1) is 5.92 Å². The molecular formula is C23H29F3N4O3. The molecule has 0 aliphatic heterocycles. The van der Waals surface area contributed by atoms with Crippen molar-refractivity contribution in [2.45, 2.75) is 46.3 Å². The van der Waals surface area contributed by atoms with E-state index in [4.69, 9.17) is 0 Å². The summed E-state index contributed by atoms with van der Waals surface area (Å²) in [5.74, 6) is -1.31. The van der Waals surface area contributed by atoms with Gasteiger partial charge in [0.25, 0.3) is 0 Å². The van der Waals surface area contributed by atoms with Gasteiger partial charge in [0.05, 0.1) is 5.70 Å². The maximum Gasteiger partial charge on any atom is 0.427 e. The summed E-state index contributed by atoms with van der Waals surface area (Å²) in [6, 6.07) is -0.378. The Kier molecular flexibility index (Phi) is 11.1. The third-order valence-corrected chi connectivity index (χ3v) is 4.51. The molecule has 0 aromatic carbocycles. The van der Waals surface area contributed by atoms with Crippen LogP contribution in [-0.2, 0) is 14.3 Å². The lowest BCUT2D eigenvalue weighted by Crippen LogP contribution is -2.43. The largest absolute Gasteiger partial charge is 0.431 e. The van der Waals surface area contributed by atoms with Crippen LogP contribution in [0.5, 0.6) is 0 Å². The van der Waals surface area contributed by atoms with Gasteiger partial charge in [-0.25, -0.2) is 9.40 Å². The Morgan fingerprint density at radius 1 is 1.42 bits per heavy atom. The van der Waals surface area contributed by atoms with Gasteiger partial charge in [-0.2, -0.15) is 8.78 Å². The van der Waals surface area contributed by atoms with E-state index in [0.29, 0.717) is 6.42 Å². The van der Waals surface area contributed by atoms with Crippen LogP contribution in [0.4, 0.5) is 13.2 Å². The quantitative estimate of drug-likeness (QED) is 0.203. The van der Waals surface area contributed by atoms with Gasteiger partial charge in [0.2, 0.25) is 11.8 Å². The topological polar surface area (TPSA) is 83.4 Å². The molecule has 1 aliphatic carbocycles. The highest BCUT2D eigenvalue weighted by Gasteiger charge is 2.32. The minimum atomic E-state index is -3.88. The monoisotopic (exact) mass is 466 g/mol. The summed E-state index contributed by atoms with van der Waals surface area (Å²) in [5, 5.41) is 11.2. The standard InChI is InChI=1S/C23H29F3N4O3/c1-6-16(2)8-7-9-17(3)28-29-30(19(5)31)14-22(32)27-18(4)20-10-12-21(13-11-20)33-23(25,26)15-24/h6,8-10,12-13,18,20H,3,11,14-15H2,1-2,4-5H3,(H,27,32)/b16-6-,29-28?. The SMILES string of the molecule is C=C(C=C=C/C(C)=C\C)N=NN(CC(=O)NC(C)C1C=CC(OC(F)(F)CF)=CC1)C(C)=O. The highest BCUT2D eigenvalue weighted by molar-refractivity contribution is 5.83. The van der Waals surface area contributed by atoms with Crippen molar-refractivity contribution in [2.75, 3.05) is 13.2 Å². The van der Waals surface area contributed by atoms with Gasteiger partial charge < -0.3 is 10.1 Å². The molecule has 1 aliphatic rings. The fourth-order valence-electron chi connectivity index (χ4n) is 2.50. The van der Waals surface area contributed by atoms with Gasteiger partial charge >= 0.3 is 6.11 Å². The Morgan fingerprint density at radius 3 is 2.67 bits per heavy atom. The molecule has 33 heavy (non-hydrogen) atoms. The van der Waals surface area contributed by atoms with Crippen LogP contribution in [-0.4, -0.2) is 42.2 Å². The number of carbonyl (C=O) groups excluding carboxylic acids is 2. The zero-order chi connectivity index (χ0) is 25.0. The molecule has 0 fully saturated rings. The zero-order valence-electron chi connectivity index (χ0n) is 19.1. The minimum absolute atomic E-state index is 0.138. The Bertz CT molecular complexity index is 916. The zero-order valence-corrected chi connectivity index (χ0v) is 19.1. The van der Waals surface area contributed by atoms with E-state index in [1.165, 1.54) is 25.2 Å². The van der Waals surface area contributed by atoms with E-state index >= 15 is 0 Å². The molecule has 0 heterocycles. The van der Waals surface area contributed by atoms with Crippen LogP contribution < -0.4 is 5.32 Å². The fourth-order valence-corrected chi connectivity index (χ4v) is 2.50. The van der Waals surface area contributed by atoms with Crippen LogP contribution in [0.3, 0.4) is 0 Å². The van der Waals surface area contributed by atoms with Crippen molar-refractivity contribution in [1.82, 2.24) is 10.3 Å². The van der Waals surface area contributed by atoms with Gasteiger partial charge in [-0.1, -0.05) is 24.0 Å². The lowest BCUT2D eigenvalue weighted by Gasteiger charge is -2.25. The first-order valence-corrected chi connectivity index (χ1v) is 10.2. The number of rotatable bonds is 11. The van der Waals surface area contributed by atoms with Crippen molar-refractivity contribution >= 4 is 11.8 Å². The summed E-state index contributed by atoms with van der Waals surface area (Å²) in [5.41, 5.74) is 4.11. The number of halogens is 3. The summed E-state index contributed by atoms with van der Waals surface area (Å²) in [7, 11) is 0. The lowest BCUT2D eigenvalue weighted by atomic mass is 9.93. The predicted octanol–water partition coefficient (Wildman–Crippen LogP) is 4.94. The average Bonchev–Trinajstić information content (AvgIpc) is 2.76. The van der Waals surface area contributed by atoms with Gasteiger partial charge in [0.1, 0.15) is 12.3 Å². The molecule has 0 spiro atoms. The first-order valence-electron chi connectivity index (χ1n) is 10.2. The van der Waals surface area contributed by atoms with Crippen LogP contribution in [0.15, 0.2) is 76.1 Å². The second-order valence-corrected chi connectivity index (χ2v) is 7.34. The molecule has 10 heteroatoms. The van der Waals surface area contributed by atoms with E-state index in [0.717, 1.165) is 10.6 Å². The molecule has 0 aromatic rings. The van der Waals surface area contributed by atoms with Crippen molar-refractivity contribution in [1.29, 1.82) is 0 Å². The van der Waals surface area contributed by atoms with Crippen LogP contribution in [0.1, 0.15) is 34.1 Å². The number of nitrogens with one attached hydrogen (secondary N) is 1. The molecule has 0 saturated carbocycles. The molecular weight excluding hydrogens is 437 g/mol. The highest BCUT2D eigenvalue weighted by Crippen LogP contribution is 2.26. The normalized spacial score (nSPS) is 17.0. The predicted molar refractivity (Wildman–Crippen MR) is 118 cm³/mol. The molecule has 0 radical (unpaired) electrons. The number of ether oxygens (including phenoxy) is 1. The smallest absolute Gasteiger partial charge is 0.427 e. The Labute approximate surface area is 191 Å². The first-order chi connectivity index (χ1) is 15.5. The van der Waals surface area contributed by atoms with E-state index in [1.54, 1.807) is 19.1 Å². The van der Waals surface area contributed by atoms with Crippen LogP contribution in [0.25, 0.3) is 0 Å². The highest BCUT2D eigenvalue weighted by atomic mass is 19.3. The van der Waals surface area contributed by atoms with Crippen LogP contribution in [0.2, 0.25) is 0 Å². The molecule has 2 amide bonds. The second-order valence-electron chi connectivity index (χ2n) is 7.34. The summed E-state index contributed by atoms with van der Waals surface area (Å²) in [4.78, 5) is 24.2. The maximum atomic E-state index is 13.0. The van der Waals surface area contributed by atoms with Crippen LogP contribution >= 0.6 is 0 Å². The molecule has 180 valence electrons. The summed E-state index contributed by atoms with van der Waals surface area (Å²) in [6.45, 7) is 8.16. The number of alkyl halides is 3. The molecule has 7 nitrogen and oxygen atoms in total. The summed E-state index contributed by atoms with van der Waals surface area (Å²) < 4.78 is 42.5. The molecule has 0 bridgehead atoms. The van der Waals surface area contributed by atoms with Gasteiger partial charge in [-0.15, -0.1) is 10.8 Å². The van der Waals surface area contributed by atoms with Gasteiger partial charge in [0.15, 0.2) is 6.67 Å². The lowest BCUT2D eigenvalue weighted by molar-refractivity contribution is -0.220. The molecule has 0 aromatic heterocycles. The van der Waals surface area contributed by atoms with E-state index in [2.05, 4.69) is 32.7 Å². The van der Waals surface area contributed by atoms with E-state index < -0.39 is 24.6 Å². The van der Waals surface area contributed by atoms with E-state index in [9.17, 15) is 22.8 Å². The molecule has 1 rings (SSSR count). The average molecular weight is 467 g/mol. The third kappa shape index (κ3) is 10.7. The van der Waals surface area contributed by atoms with Crippen molar-refractivity contribution in [3.63, 3.8) is 0 Å². The third-order valence-electron chi connectivity index (χ3n) is 4.51. The number of carbonyl (C=O) groups is 2. The Hall–Kier alpha value is -3.39. The van der Waals surface area contributed by atoms with Crippen molar-refractivity contribution in [3.05, 3.63) is 65.8 Å². The number of nitrogens with zero attached hydrogens (tertiary/aromatic N) is 3. The van der Waals surface area contributed by atoms with Crippen molar-refractivity contribution in [3.8, 4) is 0 Å². The fraction of sp³-hybridized carbons (Fsp3) is 0.435. The molecule has 2 atom stereocenters. The van der Waals surface area contributed by atoms with Gasteiger partial charge in [-0.3, -0.25) is 9.59 Å². The molecule has 1 N–H and O–H groups in total. The van der Waals surface area contributed by atoms with Gasteiger partial charge in [0, 0.05) is 25.0 Å². The minimum Gasteiger partial charge on any atom is -0.431 e. The first kappa shape index (κ1) is 27.6.